The van der Waals surface area contributed by atoms with Crippen LogP contribution in [0.2, 0.25) is 0 Å². The average Bonchev–Trinajstić information content (AvgIpc) is 3.03. The summed E-state index contributed by atoms with van der Waals surface area (Å²) in [6, 6.07) is 6.34. The summed E-state index contributed by atoms with van der Waals surface area (Å²) < 4.78 is 19.4. The molecule has 0 atom stereocenters. The van der Waals surface area contributed by atoms with E-state index in [-0.39, 0.29) is 12.5 Å². The predicted molar refractivity (Wildman–Crippen MR) is 90.0 cm³/mol. The molecule has 1 aliphatic rings. The topological polar surface area (TPSA) is 55.4 Å². The number of amides is 1. The number of hydrogen-bond donors (Lipinski definition) is 1. The quantitative estimate of drug-likeness (QED) is 0.778. The SMILES string of the molecule is CC(C)CCNC(=O)COC(=O)C1(c2ccccc2F)CCCC1. The number of rotatable bonds is 7. The van der Waals surface area contributed by atoms with E-state index < -0.39 is 17.2 Å². The van der Waals surface area contributed by atoms with Crippen molar-refractivity contribution in [3.05, 3.63) is 35.6 Å². The molecule has 1 aromatic carbocycles. The summed E-state index contributed by atoms with van der Waals surface area (Å²) >= 11 is 0. The lowest BCUT2D eigenvalue weighted by Crippen LogP contribution is -2.38. The highest BCUT2D eigenvalue weighted by molar-refractivity contribution is 5.86. The molecule has 2 rings (SSSR count). The minimum atomic E-state index is -0.955. The third-order valence-electron chi connectivity index (χ3n) is 4.62. The van der Waals surface area contributed by atoms with E-state index in [1.807, 2.05) is 0 Å². The molecule has 24 heavy (non-hydrogen) atoms. The maximum Gasteiger partial charge on any atom is 0.317 e. The molecule has 4 nitrogen and oxygen atoms in total. The molecule has 0 aliphatic heterocycles. The van der Waals surface area contributed by atoms with Crippen molar-refractivity contribution in [3.63, 3.8) is 0 Å². The molecule has 0 unspecified atom stereocenters. The summed E-state index contributed by atoms with van der Waals surface area (Å²) in [5, 5.41) is 2.73. The average molecular weight is 335 g/mol. The molecule has 1 amide bonds. The van der Waals surface area contributed by atoms with Crippen molar-refractivity contribution in [3.8, 4) is 0 Å². The molecule has 1 aliphatic carbocycles. The monoisotopic (exact) mass is 335 g/mol. The fourth-order valence-electron chi connectivity index (χ4n) is 3.23. The summed E-state index contributed by atoms with van der Waals surface area (Å²) in [5.41, 5.74) is -0.573. The van der Waals surface area contributed by atoms with Crippen molar-refractivity contribution in [1.29, 1.82) is 0 Å². The van der Waals surface area contributed by atoms with Gasteiger partial charge in [0.05, 0.1) is 5.41 Å². The molecule has 0 bridgehead atoms. The van der Waals surface area contributed by atoms with Crippen LogP contribution in [0.15, 0.2) is 24.3 Å². The zero-order valence-electron chi connectivity index (χ0n) is 14.4. The molecule has 1 saturated carbocycles. The highest BCUT2D eigenvalue weighted by Crippen LogP contribution is 2.43. The van der Waals surface area contributed by atoms with Gasteiger partial charge in [0.1, 0.15) is 5.82 Å². The summed E-state index contributed by atoms with van der Waals surface area (Å²) in [4.78, 5) is 24.4. The standard InChI is InChI=1S/C19H26FNO3/c1-14(2)9-12-21-17(22)13-24-18(23)19(10-5-6-11-19)15-7-3-4-8-16(15)20/h3-4,7-8,14H,5-6,9-13H2,1-2H3,(H,21,22). The number of esters is 1. The highest BCUT2D eigenvalue weighted by Gasteiger charge is 2.45. The maximum absolute atomic E-state index is 14.2. The Kier molecular flexibility index (Phi) is 6.35. The first-order valence-electron chi connectivity index (χ1n) is 8.64. The second kappa shape index (κ2) is 8.27. The van der Waals surface area contributed by atoms with Gasteiger partial charge in [-0.15, -0.1) is 0 Å². The number of halogens is 1. The first-order valence-corrected chi connectivity index (χ1v) is 8.64. The predicted octanol–water partition coefficient (Wildman–Crippen LogP) is 3.34. The molecule has 132 valence electrons. The smallest absolute Gasteiger partial charge is 0.317 e. The molecule has 1 aromatic rings. The van der Waals surface area contributed by atoms with Gasteiger partial charge in [0.25, 0.3) is 5.91 Å². The summed E-state index contributed by atoms with van der Waals surface area (Å²) in [7, 11) is 0. The molecule has 0 radical (unpaired) electrons. The van der Waals surface area contributed by atoms with Crippen molar-refractivity contribution in [2.45, 2.75) is 51.4 Å². The number of carbonyl (C=O) groups is 2. The Morgan fingerprint density at radius 2 is 1.92 bits per heavy atom. The second-order valence-electron chi connectivity index (χ2n) is 6.88. The Bertz CT molecular complexity index is 580. The minimum absolute atomic E-state index is 0.312. The number of carbonyl (C=O) groups excluding carboxylic acids is 2. The summed E-state index contributed by atoms with van der Waals surface area (Å²) in [5.74, 6) is -0.705. The van der Waals surface area contributed by atoms with Crippen LogP contribution in [0.1, 0.15) is 51.5 Å². The fourth-order valence-corrected chi connectivity index (χ4v) is 3.23. The van der Waals surface area contributed by atoms with Gasteiger partial charge in [0.15, 0.2) is 6.61 Å². The van der Waals surface area contributed by atoms with Crippen molar-refractivity contribution in [1.82, 2.24) is 5.32 Å². The van der Waals surface area contributed by atoms with Gasteiger partial charge in [-0.1, -0.05) is 44.9 Å². The van der Waals surface area contributed by atoms with Crippen LogP contribution in [0.25, 0.3) is 0 Å². The van der Waals surface area contributed by atoms with E-state index in [4.69, 9.17) is 4.74 Å². The summed E-state index contributed by atoms with van der Waals surface area (Å²) in [6.45, 7) is 4.40. The van der Waals surface area contributed by atoms with Crippen LogP contribution >= 0.6 is 0 Å². The Hall–Kier alpha value is -1.91. The lowest BCUT2D eigenvalue weighted by atomic mass is 9.78. The van der Waals surface area contributed by atoms with Crippen LogP contribution in [0.4, 0.5) is 4.39 Å². The lowest BCUT2D eigenvalue weighted by molar-refractivity contribution is -0.154. The molecule has 0 spiro atoms. The Morgan fingerprint density at radius 1 is 1.25 bits per heavy atom. The van der Waals surface area contributed by atoms with Crippen molar-refractivity contribution in [2.75, 3.05) is 13.2 Å². The zero-order chi connectivity index (χ0) is 17.6. The van der Waals surface area contributed by atoms with Crippen LogP contribution in [0.5, 0.6) is 0 Å². The van der Waals surface area contributed by atoms with Crippen LogP contribution < -0.4 is 5.32 Å². The minimum Gasteiger partial charge on any atom is -0.455 e. The van der Waals surface area contributed by atoms with Gasteiger partial charge in [-0.25, -0.2) is 4.39 Å². The van der Waals surface area contributed by atoms with Gasteiger partial charge in [-0.05, 0) is 31.2 Å². The summed E-state index contributed by atoms with van der Waals surface area (Å²) in [6.07, 6.45) is 3.69. The molecular formula is C19H26FNO3. The molecule has 5 heteroatoms. The maximum atomic E-state index is 14.2. The largest absolute Gasteiger partial charge is 0.455 e. The molecule has 0 saturated heterocycles. The highest BCUT2D eigenvalue weighted by atomic mass is 19.1. The number of nitrogens with one attached hydrogen (secondary N) is 1. The van der Waals surface area contributed by atoms with Gasteiger partial charge in [-0.3, -0.25) is 9.59 Å². The first-order chi connectivity index (χ1) is 11.5. The first kappa shape index (κ1) is 18.4. The number of ether oxygens (including phenoxy) is 1. The molecular weight excluding hydrogens is 309 g/mol. The van der Waals surface area contributed by atoms with E-state index in [9.17, 15) is 14.0 Å². The van der Waals surface area contributed by atoms with Gasteiger partial charge >= 0.3 is 5.97 Å². The van der Waals surface area contributed by atoms with Gasteiger partial charge < -0.3 is 10.1 Å². The molecule has 1 N–H and O–H groups in total. The normalized spacial score (nSPS) is 16.2. The van der Waals surface area contributed by atoms with E-state index in [0.29, 0.717) is 30.9 Å². The van der Waals surface area contributed by atoms with Crippen LogP contribution in [0.3, 0.4) is 0 Å². The van der Waals surface area contributed by atoms with Crippen LogP contribution in [0, 0.1) is 11.7 Å². The van der Waals surface area contributed by atoms with E-state index >= 15 is 0 Å². The van der Waals surface area contributed by atoms with Crippen LogP contribution in [-0.2, 0) is 19.7 Å². The Morgan fingerprint density at radius 3 is 2.54 bits per heavy atom. The van der Waals surface area contributed by atoms with Crippen LogP contribution in [-0.4, -0.2) is 25.0 Å². The van der Waals surface area contributed by atoms with Gasteiger partial charge in [-0.2, -0.15) is 0 Å². The molecule has 0 heterocycles. The third-order valence-corrected chi connectivity index (χ3v) is 4.62. The molecule has 1 fully saturated rings. The van der Waals surface area contributed by atoms with E-state index in [1.54, 1.807) is 18.2 Å². The fraction of sp³-hybridized carbons (Fsp3) is 0.579. The second-order valence-corrected chi connectivity index (χ2v) is 6.88. The Labute approximate surface area is 142 Å². The van der Waals surface area contributed by atoms with Gasteiger partial charge in [0, 0.05) is 12.1 Å². The van der Waals surface area contributed by atoms with Crippen molar-refractivity contribution < 1.29 is 18.7 Å². The van der Waals surface area contributed by atoms with Crippen molar-refractivity contribution >= 4 is 11.9 Å². The molecule has 0 aromatic heterocycles. The van der Waals surface area contributed by atoms with Gasteiger partial charge in [0.2, 0.25) is 0 Å². The Balaban J connectivity index is 1.98. The van der Waals surface area contributed by atoms with E-state index in [2.05, 4.69) is 19.2 Å². The number of hydrogen-bond acceptors (Lipinski definition) is 3. The van der Waals surface area contributed by atoms with E-state index in [0.717, 1.165) is 19.3 Å². The van der Waals surface area contributed by atoms with E-state index in [1.165, 1.54) is 6.07 Å². The lowest BCUT2D eigenvalue weighted by Gasteiger charge is -2.27. The van der Waals surface area contributed by atoms with Crippen molar-refractivity contribution in [2.24, 2.45) is 5.92 Å². The number of benzene rings is 1. The third kappa shape index (κ3) is 4.34. The zero-order valence-corrected chi connectivity index (χ0v) is 14.4.